The largest absolute Gasteiger partial charge is 0.391 e. The fraction of sp³-hybridized carbons (Fsp3) is 0.636. The van der Waals surface area contributed by atoms with Crippen molar-refractivity contribution in [3.05, 3.63) is 16.7 Å². The molecule has 1 heterocycles. The zero-order valence-electron chi connectivity index (χ0n) is 9.90. The molecule has 1 aliphatic rings. The summed E-state index contributed by atoms with van der Waals surface area (Å²) in [5.74, 6) is 1.67. The Hall–Kier alpha value is -1.17. The highest BCUT2D eigenvalue weighted by atomic mass is 32.2. The van der Waals surface area contributed by atoms with Gasteiger partial charge in [-0.1, -0.05) is 6.92 Å². The SMILES string of the molecule is CCSC1CCC(Nc2nc[nH]c(=O)c2N)C1. The second kappa shape index (κ2) is 5.44. The molecule has 2 atom stereocenters. The van der Waals surface area contributed by atoms with Gasteiger partial charge in [-0.2, -0.15) is 11.8 Å². The molecule has 0 amide bonds. The van der Waals surface area contributed by atoms with Crippen LogP contribution in [-0.4, -0.2) is 27.0 Å². The van der Waals surface area contributed by atoms with Gasteiger partial charge in [0.1, 0.15) is 5.69 Å². The summed E-state index contributed by atoms with van der Waals surface area (Å²) in [5, 5.41) is 3.99. The van der Waals surface area contributed by atoms with Crippen molar-refractivity contribution in [3.8, 4) is 0 Å². The first kappa shape index (κ1) is 12.3. The summed E-state index contributed by atoms with van der Waals surface area (Å²) < 4.78 is 0. The summed E-state index contributed by atoms with van der Waals surface area (Å²) in [4.78, 5) is 17.8. The Morgan fingerprint density at radius 3 is 3.24 bits per heavy atom. The summed E-state index contributed by atoms with van der Waals surface area (Å²) in [5.41, 5.74) is 5.58. The third-order valence-corrected chi connectivity index (χ3v) is 4.25. The molecule has 1 aliphatic carbocycles. The predicted molar refractivity (Wildman–Crippen MR) is 72.5 cm³/mol. The number of anilines is 2. The minimum absolute atomic E-state index is 0.180. The van der Waals surface area contributed by atoms with Crippen molar-refractivity contribution in [2.24, 2.45) is 0 Å². The van der Waals surface area contributed by atoms with Crippen LogP contribution in [0.4, 0.5) is 11.5 Å². The highest BCUT2D eigenvalue weighted by molar-refractivity contribution is 7.99. The van der Waals surface area contributed by atoms with E-state index >= 15 is 0 Å². The lowest BCUT2D eigenvalue weighted by molar-refractivity contribution is 0.751. The number of aromatic amines is 1. The van der Waals surface area contributed by atoms with Gasteiger partial charge in [0.15, 0.2) is 5.82 Å². The lowest BCUT2D eigenvalue weighted by Gasteiger charge is -2.14. The topological polar surface area (TPSA) is 83.8 Å². The van der Waals surface area contributed by atoms with E-state index in [1.54, 1.807) is 0 Å². The molecule has 2 unspecified atom stereocenters. The number of hydrogen-bond acceptors (Lipinski definition) is 5. The Kier molecular flexibility index (Phi) is 3.93. The van der Waals surface area contributed by atoms with Crippen molar-refractivity contribution in [2.75, 3.05) is 16.8 Å². The van der Waals surface area contributed by atoms with Crippen LogP contribution in [-0.2, 0) is 0 Å². The molecule has 1 aromatic heterocycles. The molecule has 1 saturated carbocycles. The Labute approximate surface area is 105 Å². The first-order chi connectivity index (χ1) is 8.20. The van der Waals surface area contributed by atoms with Crippen molar-refractivity contribution >= 4 is 23.3 Å². The number of nitrogens with two attached hydrogens (primary N) is 1. The minimum Gasteiger partial charge on any atom is -0.391 e. The standard InChI is InChI=1S/C11H18N4OS/c1-2-17-8-4-3-7(5-8)15-10-9(12)11(16)14-6-13-10/h6-8H,2-5,12H2,1H3,(H2,13,14,15,16). The van der Waals surface area contributed by atoms with E-state index in [1.807, 2.05) is 11.8 Å². The molecule has 5 nitrogen and oxygen atoms in total. The average molecular weight is 254 g/mol. The molecular weight excluding hydrogens is 236 g/mol. The molecule has 1 fully saturated rings. The molecule has 17 heavy (non-hydrogen) atoms. The lowest BCUT2D eigenvalue weighted by Crippen LogP contribution is -2.22. The molecule has 0 radical (unpaired) electrons. The van der Waals surface area contributed by atoms with Crippen LogP contribution >= 0.6 is 11.8 Å². The van der Waals surface area contributed by atoms with Crippen LogP contribution in [0.2, 0.25) is 0 Å². The molecule has 1 aromatic rings. The first-order valence-corrected chi connectivity index (χ1v) is 6.97. The van der Waals surface area contributed by atoms with Gasteiger partial charge in [0.25, 0.3) is 5.56 Å². The molecule has 6 heteroatoms. The van der Waals surface area contributed by atoms with Gasteiger partial charge in [0, 0.05) is 11.3 Å². The Morgan fingerprint density at radius 2 is 2.47 bits per heavy atom. The van der Waals surface area contributed by atoms with Crippen molar-refractivity contribution in [3.63, 3.8) is 0 Å². The second-order valence-corrected chi connectivity index (χ2v) is 5.80. The van der Waals surface area contributed by atoms with E-state index in [9.17, 15) is 4.79 Å². The van der Waals surface area contributed by atoms with Crippen LogP contribution in [0.25, 0.3) is 0 Å². The maximum Gasteiger partial charge on any atom is 0.276 e. The third kappa shape index (κ3) is 2.94. The highest BCUT2D eigenvalue weighted by Gasteiger charge is 2.25. The van der Waals surface area contributed by atoms with Crippen molar-refractivity contribution in [1.82, 2.24) is 9.97 Å². The van der Waals surface area contributed by atoms with Gasteiger partial charge in [0.05, 0.1) is 6.33 Å². The van der Waals surface area contributed by atoms with E-state index in [2.05, 4.69) is 22.2 Å². The molecule has 0 aromatic carbocycles. The fourth-order valence-corrected chi connectivity index (χ4v) is 3.32. The van der Waals surface area contributed by atoms with E-state index in [1.165, 1.54) is 12.7 Å². The van der Waals surface area contributed by atoms with Gasteiger partial charge in [-0.25, -0.2) is 4.98 Å². The number of aromatic nitrogens is 2. The zero-order valence-corrected chi connectivity index (χ0v) is 10.7. The van der Waals surface area contributed by atoms with E-state index in [0.717, 1.165) is 23.8 Å². The van der Waals surface area contributed by atoms with Gasteiger partial charge in [-0.3, -0.25) is 4.79 Å². The highest BCUT2D eigenvalue weighted by Crippen LogP contribution is 2.31. The normalized spacial score (nSPS) is 23.8. The van der Waals surface area contributed by atoms with E-state index in [4.69, 9.17) is 5.73 Å². The lowest BCUT2D eigenvalue weighted by atomic mass is 10.2. The van der Waals surface area contributed by atoms with Crippen LogP contribution in [0.15, 0.2) is 11.1 Å². The number of nitrogen functional groups attached to an aromatic ring is 1. The van der Waals surface area contributed by atoms with Crippen molar-refractivity contribution < 1.29 is 0 Å². The van der Waals surface area contributed by atoms with Gasteiger partial charge < -0.3 is 16.0 Å². The quantitative estimate of drug-likeness (QED) is 0.757. The van der Waals surface area contributed by atoms with E-state index < -0.39 is 0 Å². The van der Waals surface area contributed by atoms with Crippen LogP contribution in [0.1, 0.15) is 26.2 Å². The van der Waals surface area contributed by atoms with E-state index in [0.29, 0.717) is 11.9 Å². The van der Waals surface area contributed by atoms with Crippen molar-refractivity contribution in [2.45, 2.75) is 37.5 Å². The number of thioether (sulfide) groups is 1. The molecular formula is C11H18N4OS. The smallest absolute Gasteiger partial charge is 0.276 e. The molecule has 0 bridgehead atoms. The van der Waals surface area contributed by atoms with Crippen LogP contribution < -0.4 is 16.6 Å². The summed E-state index contributed by atoms with van der Waals surface area (Å²) in [6.07, 6.45) is 4.84. The first-order valence-electron chi connectivity index (χ1n) is 5.92. The molecule has 2 rings (SSSR count). The predicted octanol–water partition coefficient (Wildman–Crippen LogP) is 1.44. The van der Waals surface area contributed by atoms with Crippen LogP contribution in [0.5, 0.6) is 0 Å². The Balaban J connectivity index is 1.98. The monoisotopic (exact) mass is 254 g/mol. The second-order valence-electron chi connectivity index (χ2n) is 4.23. The van der Waals surface area contributed by atoms with Gasteiger partial charge in [-0.15, -0.1) is 0 Å². The van der Waals surface area contributed by atoms with Gasteiger partial charge in [0.2, 0.25) is 0 Å². The number of nitrogens with one attached hydrogen (secondary N) is 2. The summed E-state index contributed by atoms with van der Waals surface area (Å²) >= 11 is 2.00. The fourth-order valence-electron chi connectivity index (χ4n) is 2.18. The Morgan fingerprint density at radius 1 is 1.65 bits per heavy atom. The minimum atomic E-state index is -0.278. The number of hydrogen-bond donors (Lipinski definition) is 3. The maximum absolute atomic E-state index is 11.3. The van der Waals surface area contributed by atoms with Crippen molar-refractivity contribution in [1.29, 1.82) is 0 Å². The molecule has 94 valence electrons. The van der Waals surface area contributed by atoms with E-state index in [-0.39, 0.29) is 11.2 Å². The van der Waals surface area contributed by atoms with Gasteiger partial charge >= 0.3 is 0 Å². The molecule has 4 N–H and O–H groups in total. The third-order valence-electron chi connectivity index (χ3n) is 3.02. The van der Waals surface area contributed by atoms with Crippen LogP contribution in [0.3, 0.4) is 0 Å². The molecule has 0 spiro atoms. The molecule has 0 aliphatic heterocycles. The average Bonchev–Trinajstić information content (AvgIpc) is 2.73. The summed E-state index contributed by atoms with van der Waals surface area (Å²) in [6, 6.07) is 0.385. The van der Waals surface area contributed by atoms with Crippen LogP contribution in [0, 0.1) is 0 Å². The maximum atomic E-state index is 11.3. The zero-order chi connectivity index (χ0) is 12.3. The summed E-state index contributed by atoms with van der Waals surface area (Å²) in [6.45, 7) is 2.18. The number of H-pyrrole nitrogens is 1. The number of rotatable bonds is 4. The Bertz CT molecular complexity index is 434. The summed E-state index contributed by atoms with van der Waals surface area (Å²) in [7, 11) is 0. The number of nitrogens with zero attached hydrogens (tertiary/aromatic N) is 1. The van der Waals surface area contributed by atoms with Gasteiger partial charge in [-0.05, 0) is 25.0 Å². The molecule has 0 saturated heterocycles.